The summed E-state index contributed by atoms with van der Waals surface area (Å²) in [7, 11) is 0. The zero-order chi connectivity index (χ0) is 11.2. The van der Waals surface area contributed by atoms with Crippen LogP contribution in [0.3, 0.4) is 0 Å². The second-order valence-corrected chi connectivity index (χ2v) is 2.97. The van der Waals surface area contributed by atoms with Gasteiger partial charge in [0.25, 0.3) is 5.91 Å². The topological polar surface area (TPSA) is 82.2 Å². The molecule has 0 aliphatic carbocycles. The van der Waals surface area contributed by atoms with Crippen molar-refractivity contribution in [1.82, 2.24) is 0 Å². The molecule has 78 valence electrons. The highest BCUT2D eigenvalue weighted by molar-refractivity contribution is 6.04. The molecule has 0 saturated heterocycles. The van der Waals surface area contributed by atoms with Gasteiger partial charge in [-0.25, -0.2) is 8.78 Å². The molecular formula is C9H6F2N2O2. The van der Waals surface area contributed by atoms with Crippen molar-refractivity contribution in [3.63, 3.8) is 0 Å². The molecule has 0 spiro atoms. The van der Waals surface area contributed by atoms with Gasteiger partial charge < -0.3 is 15.9 Å². The average Bonchev–Trinajstić information content (AvgIpc) is 2.46. The van der Waals surface area contributed by atoms with Crippen molar-refractivity contribution in [2.45, 2.75) is 0 Å². The SMILES string of the molecule is NC(=O)c1oc2cc(F)c(F)cc2c1N. The summed E-state index contributed by atoms with van der Waals surface area (Å²) in [5, 5.41) is 0.128. The van der Waals surface area contributed by atoms with Gasteiger partial charge >= 0.3 is 0 Å². The van der Waals surface area contributed by atoms with E-state index in [1.54, 1.807) is 0 Å². The number of primary amides is 1. The molecule has 0 aliphatic heterocycles. The van der Waals surface area contributed by atoms with Crippen LogP contribution in [0.1, 0.15) is 10.6 Å². The van der Waals surface area contributed by atoms with Crippen molar-refractivity contribution < 1.29 is 18.0 Å². The monoisotopic (exact) mass is 212 g/mol. The van der Waals surface area contributed by atoms with Crippen LogP contribution in [0, 0.1) is 11.6 Å². The lowest BCUT2D eigenvalue weighted by Crippen LogP contribution is -2.11. The smallest absolute Gasteiger partial charge is 0.286 e. The predicted molar refractivity (Wildman–Crippen MR) is 49.1 cm³/mol. The first-order valence-corrected chi connectivity index (χ1v) is 3.97. The Morgan fingerprint density at radius 2 is 1.87 bits per heavy atom. The van der Waals surface area contributed by atoms with Gasteiger partial charge in [0.2, 0.25) is 5.76 Å². The van der Waals surface area contributed by atoms with Crippen LogP contribution in [-0.2, 0) is 0 Å². The molecule has 1 heterocycles. The van der Waals surface area contributed by atoms with Crippen molar-refractivity contribution >= 4 is 22.6 Å². The summed E-state index contributed by atoms with van der Waals surface area (Å²) in [5.74, 6) is -3.32. The van der Waals surface area contributed by atoms with Crippen LogP contribution in [0.25, 0.3) is 11.0 Å². The van der Waals surface area contributed by atoms with Gasteiger partial charge in [0.05, 0.1) is 5.69 Å². The third kappa shape index (κ3) is 1.30. The molecule has 0 radical (unpaired) electrons. The molecule has 0 saturated carbocycles. The highest BCUT2D eigenvalue weighted by atomic mass is 19.2. The van der Waals surface area contributed by atoms with Gasteiger partial charge in [-0.05, 0) is 6.07 Å². The highest BCUT2D eigenvalue weighted by Crippen LogP contribution is 2.29. The van der Waals surface area contributed by atoms with E-state index in [0.717, 1.165) is 12.1 Å². The summed E-state index contributed by atoms with van der Waals surface area (Å²) in [6.45, 7) is 0. The number of furan rings is 1. The average molecular weight is 212 g/mol. The van der Waals surface area contributed by atoms with E-state index in [9.17, 15) is 13.6 Å². The molecule has 6 heteroatoms. The second kappa shape index (κ2) is 2.94. The molecule has 0 atom stereocenters. The maximum Gasteiger partial charge on any atom is 0.286 e. The lowest BCUT2D eigenvalue weighted by atomic mass is 10.2. The lowest BCUT2D eigenvalue weighted by Gasteiger charge is -1.92. The van der Waals surface area contributed by atoms with Crippen molar-refractivity contribution in [3.8, 4) is 0 Å². The van der Waals surface area contributed by atoms with E-state index in [1.165, 1.54) is 0 Å². The summed E-state index contributed by atoms with van der Waals surface area (Å²) in [5.41, 5.74) is 10.3. The van der Waals surface area contributed by atoms with Crippen LogP contribution < -0.4 is 11.5 Å². The van der Waals surface area contributed by atoms with E-state index < -0.39 is 17.5 Å². The Morgan fingerprint density at radius 3 is 2.47 bits per heavy atom. The molecule has 1 aromatic carbocycles. The molecule has 15 heavy (non-hydrogen) atoms. The minimum Gasteiger partial charge on any atom is -0.449 e. The molecule has 1 amide bonds. The number of hydrogen-bond acceptors (Lipinski definition) is 3. The largest absolute Gasteiger partial charge is 0.449 e. The summed E-state index contributed by atoms with van der Waals surface area (Å²) in [6, 6.07) is 1.67. The van der Waals surface area contributed by atoms with Gasteiger partial charge in [0.1, 0.15) is 5.58 Å². The first-order valence-electron chi connectivity index (χ1n) is 3.97. The van der Waals surface area contributed by atoms with Gasteiger partial charge in [0.15, 0.2) is 11.6 Å². The zero-order valence-electron chi connectivity index (χ0n) is 7.38. The maximum absolute atomic E-state index is 12.9. The van der Waals surface area contributed by atoms with Gasteiger partial charge in [-0.1, -0.05) is 0 Å². The lowest BCUT2D eigenvalue weighted by molar-refractivity contribution is 0.0977. The van der Waals surface area contributed by atoms with E-state index in [1.807, 2.05) is 0 Å². The number of nitrogen functional groups attached to an aromatic ring is 1. The third-order valence-corrected chi connectivity index (χ3v) is 1.99. The van der Waals surface area contributed by atoms with Crippen molar-refractivity contribution in [1.29, 1.82) is 0 Å². The van der Waals surface area contributed by atoms with Crippen LogP contribution in [0.5, 0.6) is 0 Å². The Morgan fingerprint density at radius 1 is 1.27 bits per heavy atom. The minimum absolute atomic E-state index is 0.0137. The van der Waals surface area contributed by atoms with Crippen LogP contribution >= 0.6 is 0 Å². The maximum atomic E-state index is 12.9. The number of nitrogens with two attached hydrogens (primary N) is 2. The highest BCUT2D eigenvalue weighted by Gasteiger charge is 2.18. The number of carbonyl (C=O) groups excluding carboxylic acids is 1. The fraction of sp³-hybridized carbons (Fsp3) is 0. The predicted octanol–water partition coefficient (Wildman–Crippen LogP) is 1.39. The normalized spacial score (nSPS) is 10.8. The number of fused-ring (bicyclic) bond motifs is 1. The van der Waals surface area contributed by atoms with E-state index in [2.05, 4.69) is 0 Å². The summed E-state index contributed by atoms with van der Waals surface area (Å²) < 4.78 is 30.5. The fourth-order valence-electron chi connectivity index (χ4n) is 1.29. The van der Waals surface area contributed by atoms with E-state index in [4.69, 9.17) is 15.9 Å². The first-order chi connectivity index (χ1) is 7.00. The number of carbonyl (C=O) groups is 1. The van der Waals surface area contributed by atoms with Crippen molar-refractivity contribution in [3.05, 3.63) is 29.5 Å². The van der Waals surface area contributed by atoms with Crippen LogP contribution in [0.4, 0.5) is 14.5 Å². The Bertz CT molecular complexity index is 563. The Hall–Kier alpha value is -2.11. The van der Waals surface area contributed by atoms with E-state index in [0.29, 0.717) is 0 Å². The molecule has 0 aliphatic rings. The Labute approximate surface area is 82.4 Å². The fourth-order valence-corrected chi connectivity index (χ4v) is 1.29. The van der Waals surface area contributed by atoms with Crippen LogP contribution in [0.2, 0.25) is 0 Å². The molecular weight excluding hydrogens is 206 g/mol. The summed E-state index contributed by atoms with van der Waals surface area (Å²) in [6.07, 6.45) is 0. The van der Waals surface area contributed by atoms with Gasteiger partial charge in [-0.2, -0.15) is 0 Å². The number of anilines is 1. The number of hydrogen-bond donors (Lipinski definition) is 2. The third-order valence-electron chi connectivity index (χ3n) is 1.99. The van der Waals surface area contributed by atoms with Crippen LogP contribution in [-0.4, -0.2) is 5.91 Å². The van der Waals surface area contributed by atoms with Gasteiger partial charge in [-0.15, -0.1) is 0 Å². The Balaban J connectivity index is 2.83. The van der Waals surface area contributed by atoms with Crippen molar-refractivity contribution in [2.24, 2.45) is 5.73 Å². The summed E-state index contributed by atoms with van der Waals surface area (Å²) in [4.78, 5) is 10.8. The van der Waals surface area contributed by atoms with E-state index >= 15 is 0 Å². The number of halogens is 2. The molecule has 0 fully saturated rings. The molecule has 2 aromatic rings. The standard InChI is InChI=1S/C9H6F2N2O2/c10-4-1-3-6(2-5(4)11)15-8(7(3)12)9(13)14/h1-2H,12H2,(H2,13,14). The Kier molecular flexibility index (Phi) is 1.85. The van der Waals surface area contributed by atoms with Gasteiger partial charge in [-0.3, -0.25) is 4.79 Å². The summed E-state index contributed by atoms with van der Waals surface area (Å²) >= 11 is 0. The quantitative estimate of drug-likeness (QED) is 0.749. The number of benzene rings is 1. The first kappa shape index (κ1) is 9.45. The zero-order valence-corrected chi connectivity index (χ0v) is 7.38. The molecule has 1 aromatic heterocycles. The van der Waals surface area contributed by atoms with Gasteiger partial charge in [0, 0.05) is 11.5 Å². The molecule has 0 unspecified atom stereocenters. The van der Waals surface area contributed by atoms with Crippen LogP contribution in [0.15, 0.2) is 16.5 Å². The minimum atomic E-state index is -1.08. The second-order valence-electron chi connectivity index (χ2n) is 2.97. The molecule has 0 bridgehead atoms. The van der Waals surface area contributed by atoms with Crippen molar-refractivity contribution in [2.75, 3.05) is 5.73 Å². The number of amides is 1. The van der Waals surface area contributed by atoms with E-state index in [-0.39, 0.29) is 22.4 Å². The molecule has 4 N–H and O–H groups in total. The molecule has 4 nitrogen and oxygen atoms in total. The number of rotatable bonds is 1. The molecule has 2 rings (SSSR count).